The van der Waals surface area contributed by atoms with Crippen molar-refractivity contribution in [2.24, 2.45) is 0 Å². The summed E-state index contributed by atoms with van der Waals surface area (Å²) in [5, 5.41) is 10.1. The molecule has 104 valence electrons. The van der Waals surface area contributed by atoms with E-state index in [4.69, 9.17) is 0 Å². The van der Waals surface area contributed by atoms with E-state index < -0.39 is 0 Å². The molecule has 1 aromatic heterocycles. The van der Waals surface area contributed by atoms with Gasteiger partial charge in [-0.05, 0) is 37.7 Å². The number of hydrogen-bond acceptors (Lipinski definition) is 2. The zero-order chi connectivity index (χ0) is 13.8. The van der Waals surface area contributed by atoms with Gasteiger partial charge in [-0.1, -0.05) is 30.3 Å². The van der Waals surface area contributed by atoms with Crippen LogP contribution in [0.3, 0.4) is 0 Å². The molecular formula is C16H19N3O. The summed E-state index contributed by atoms with van der Waals surface area (Å²) >= 11 is 0. The first kappa shape index (κ1) is 12.9. The maximum absolute atomic E-state index is 12.1. The van der Waals surface area contributed by atoms with Crippen LogP contribution in [-0.2, 0) is 19.3 Å². The average Bonchev–Trinajstić information content (AvgIpc) is 3.07. The second-order valence-electron chi connectivity index (χ2n) is 5.23. The van der Waals surface area contributed by atoms with E-state index in [-0.39, 0.29) is 5.91 Å². The summed E-state index contributed by atoms with van der Waals surface area (Å²) in [5.74, 6) is -0.0440. The minimum atomic E-state index is -0.0440. The maximum Gasteiger partial charge on any atom is 0.272 e. The molecule has 1 aliphatic rings. The zero-order valence-corrected chi connectivity index (χ0v) is 11.5. The number of carbonyl (C=O) groups excluding carboxylic acids is 1. The van der Waals surface area contributed by atoms with Crippen molar-refractivity contribution in [1.82, 2.24) is 15.5 Å². The highest BCUT2D eigenvalue weighted by molar-refractivity contribution is 5.94. The molecule has 1 amide bonds. The molecule has 0 saturated heterocycles. The van der Waals surface area contributed by atoms with E-state index in [0.29, 0.717) is 12.2 Å². The Hall–Kier alpha value is -2.10. The smallest absolute Gasteiger partial charge is 0.272 e. The lowest BCUT2D eigenvalue weighted by atomic mass is 10.1. The zero-order valence-electron chi connectivity index (χ0n) is 11.5. The molecule has 4 heteroatoms. The summed E-state index contributed by atoms with van der Waals surface area (Å²) in [7, 11) is 0. The molecule has 0 atom stereocenters. The number of aromatic amines is 1. The van der Waals surface area contributed by atoms with Gasteiger partial charge in [-0.25, -0.2) is 0 Å². The highest BCUT2D eigenvalue weighted by Gasteiger charge is 2.22. The van der Waals surface area contributed by atoms with Crippen molar-refractivity contribution in [2.45, 2.75) is 32.1 Å². The topological polar surface area (TPSA) is 57.8 Å². The van der Waals surface area contributed by atoms with Gasteiger partial charge in [-0.3, -0.25) is 9.89 Å². The van der Waals surface area contributed by atoms with Crippen LogP contribution in [0.4, 0.5) is 0 Å². The molecule has 20 heavy (non-hydrogen) atoms. The van der Waals surface area contributed by atoms with Gasteiger partial charge in [0.15, 0.2) is 5.69 Å². The summed E-state index contributed by atoms with van der Waals surface area (Å²) in [5.41, 5.74) is 4.16. The van der Waals surface area contributed by atoms with Gasteiger partial charge in [-0.2, -0.15) is 5.10 Å². The van der Waals surface area contributed by atoms with Gasteiger partial charge in [0, 0.05) is 17.8 Å². The quantitative estimate of drug-likeness (QED) is 0.818. The van der Waals surface area contributed by atoms with Crippen molar-refractivity contribution in [1.29, 1.82) is 0 Å². The minimum Gasteiger partial charge on any atom is -0.351 e. The Bertz CT molecular complexity index is 589. The number of aromatic nitrogens is 2. The molecule has 0 radical (unpaired) electrons. The molecule has 0 bridgehead atoms. The first-order chi connectivity index (χ1) is 9.84. The third-order valence-corrected chi connectivity index (χ3v) is 3.79. The van der Waals surface area contributed by atoms with Gasteiger partial charge in [0.2, 0.25) is 0 Å². The second-order valence-corrected chi connectivity index (χ2v) is 5.23. The van der Waals surface area contributed by atoms with E-state index >= 15 is 0 Å². The van der Waals surface area contributed by atoms with E-state index in [9.17, 15) is 4.79 Å². The van der Waals surface area contributed by atoms with E-state index in [1.807, 2.05) is 18.2 Å². The molecule has 1 heterocycles. The van der Waals surface area contributed by atoms with Crippen molar-refractivity contribution in [2.75, 3.05) is 6.54 Å². The fourth-order valence-corrected chi connectivity index (χ4v) is 2.73. The van der Waals surface area contributed by atoms with Crippen LogP contribution < -0.4 is 5.32 Å². The predicted molar refractivity (Wildman–Crippen MR) is 77.7 cm³/mol. The Morgan fingerprint density at radius 2 is 2.10 bits per heavy atom. The Morgan fingerprint density at radius 3 is 2.95 bits per heavy atom. The van der Waals surface area contributed by atoms with E-state index in [1.54, 1.807) is 0 Å². The van der Waals surface area contributed by atoms with Gasteiger partial charge < -0.3 is 5.32 Å². The summed E-state index contributed by atoms with van der Waals surface area (Å²) in [6, 6.07) is 10.3. The molecule has 1 aromatic carbocycles. The van der Waals surface area contributed by atoms with Crippen LogP contribution >= 0.6 is 0 Å². The van der Waals surface area contributed by atoms with Gasteiger partial charge >= 0.3 is 0 Å². The van der Waals surface area contributed by atoms with Crippen LogP contribution in [0, 0.1) is 0 Å². The van der Waals surface area contributed by atoms with Crippen LogP contribution in [0.15, 0.2) is 30.3 Å². The van der Waals surface area contributed by atoms with Gasteiger partial charge in [0.05, 0.1) is 0 Å². The predicted octanol–water partition coefficient (Wildman–Crippen LogP) is 2.26. The standard InChI is InChI=1S/C16H19N3O/c20-16(15-13-9-4-10-14(13)18-19-15)17-11-5-8-12-6-2-1-3-7-12/h1-3,6-7H,4-5,8-11H2,(H,17,20)(H,18,19). The largest absolute Gasteiger partial charge is 0.351 e. The SMILES string of the molecule is O=C(NCCCc1ccccc1)c1n[nH]c2c1CCC2. The summed E-state index contributed by atoms with van der Waals surface area (Å²) in [6.07, 6.45) is 5.04. The Balaban J connectivity index is 1.48. The number of nitrogens with one attached hydrogen (secondary N) is 2. The molecule has 2 aromatic rings. The van der Waals surface area contributed by atoms with E-state index in [2.05, 4.69) is 27.6 Å². The molecule has 0 fully saturated rings. The number of aryl methyl sites for hydroxylation is 2. The number of H-pyrrole nitrogens is 1. The fourth-order valence-electron chi connectivity index (χ4n) is 2.73. The molecule has 0 spiro atoms. The van der Waals surface area contributed by atoms with Crippen molar-refractivity contribution >= 4 is 5.91 Å². The molecule has 1 aliphatic carbocycles. The third-order valence-electron chi connectivity index (χ3n) is 3.79. The van der Waals surface area contributed by atoms with Gasteiger partial charge in [0.25, 0.3) is 5.91 Å². The Morgan fingerprint density at radius 1 is 1.25 bits per heavy atom. The molecule has 2 N–H and O–H groups in total. The molecule has 0 aliphatic heterocycles. The highest BCUT2D eigenvalue weighted by atomic mass is 16.1. The summed E-state index contributed by atoms with van der Waals surface area (Å²) in [6.45, 7) is 0.690. The number of benzene rings is 1. The maximum atomic E-state index is 12.1. The monoisotopic (exact) mass is 269 g/mol. The van der Waals surface area contributed by atoms with Gasteiger partial charge in [-0.15, -0.1) is 0 Å². The summed E-state index contributed by atoms with van der Waals surface area (Å²) in [4.78, 5) is 12.1. The van der Waals surface area contributed by atoms with Crippen molar-refractivity contribution in [3.63, 3.8) is 0 Å². The number of nitrogens with zero attached hydrogens (tertiary/aromatic N) is 1. The lowest BCUT2D eigenvalue weighted by molar-refractivity contribution is 0.0947. The molecule has 3 rings (SSSR count). The van der Waals surface area contributed by atoms with Gasteiger partial charge in [0.1, 0.15) is 0 Å². The second kappa shape index (κ2) is 5.90. The summed E-state index contributed by atoms with van der Waals surface area (Å²) < 4.78 is 0. The average molecular weight is 269 g/mol. The first-order valence-electron chi connectivity index (χ1n) is 7.23. The normalized spacial score (nSPS) is 13.2. The fraction of sp³-hybridized carbons (Fsp3) is 0.375. The number of carbonyl (C=O) groups is 1. The number of fused-ring (bicyclic) bond motifs is 1. The molecule has 0 unspecified atom stereocenters. The lowest BCUT2D eigenvalue weighted by Crippen LogP contribution is -2.26. The third kappa shape index (κ3) is 2.74. The highest BCUT2D eigenvalue weighted by Crippen LogP contribution is 2.22. The Labute approximate surface area is 118 Å². The van der Waals surface area contributed by atoms with Crippen LogP contribution in [0.5, 0.6) is 0 Å². The van der Waals surface area contributed by atoms with Crippen molar-refractivity contribution < 1.29 is 4.79 Å². The number of rotatable bonds is 5. The molecule has 4 nitrogen and oxygen atoms in total. The van der Waals surface area contributed by atoms with Crippen LogP contribution in [0.1, 0.15) is 40.2 Å². The van der Waals surface area contributed by atoms with Crippen molar-refractivity contribution in [3.8, 4) is 0 Å². The number of amides is 1. The van der Waals surface area contributed by atoms with Crippen LogP contribution in [-0.4, -0.2) is 22.6 Å². The van der Waals surface area contributed by atoms with Crippen LogP contribution in [0.25, 0.3) is 0 Å². The van der Waals surface area contributed by atoms with E-state index in [0.717, 1.165) is 43.4 Å². The minimum absolute atomic E-state index is 0.0440. The van der Waals surface area contributed by atoms with Crippen molar-refractivity contribution in [3.05, 3.63) is 52.8 Å². The van der Waals surface area contributed by atoms with Crippen LogP contribution in [0.2, 0.25) is 0 Å². The number of hydrogen-bond donors (Lipinski definition) is 2. The first-order valence-corrected chi connectivity index (χ1v) is 7.23. The molecular weight excluding hydrogens is 250 g/mol. The van der Waals surface area contributed by atoms with E-state index in [1.165, 1.54) is 5.56 Å². The molecule has 0 saturated carbocycles. The Kier molecular flexibility index (Phi) is 3.81. The lowest BCUT2D eigenvalue weighted by Gasteiger charge is -2.04.